The molecule has 9 nitrogen and oxygen atoms in total. The summed E-state index contributed by atoms with van der Waals surface area (Å²) in [7, 11) is 1.79. The number of amides is 3. The lowest BCUT2D eigenvalue weighted by atomic mass is 9.94. The first-order chi connectivity index (χ1) is 20.9. The van der Waals surface area contributed by atoms with E-state index in [1.807, 2.05) is 23.6 Å². The van der Waals surface area contributed by atoms with Crippen molar-refractivity contribution < 1.29 is 23.9 Å². The van der Waals surface area contributed by atoms with Gasteiger partial charge in [-0.2, -0.15) is 0 Å². The number of carbonyl (C=O) groups excluding carboxylic acids is 3. The van der Waals surface area contributed by atoms with Crippen molar-refractivity contribution in [3.05, 3.63) is 82.0 Å². The molecule has 10 heteroatoms. The quantitative estimate of drug-likeness (QED) is 0.403. The standard InChI is InChI=1S/C33H38N4O5S/c1-36-28-11-10-25(17-31(38)35-24-13-14-37(20-24)19-22-6-3-2-4-7-22)42-30(28)21-41-29-12-9-23(16-27(29)33(36)40)34-32(39)18-26-8-5-15-43-26/h2-9,12,15-16,24-25,28,30H,10-11,13-14,17-21H2,1H3,(H,34,39)(H,35,38)/t24-,25-,28-,30-/m1/s1. The van der Waals surface area contributed by atoms with Crippen LogP contribution in [0.15, 0.2) is 66.0 Å². The molecule has 0 aliphatic carbocycles. The molecule has 6 rings (SSSR count). The normalized spacial score (nSPS) is 23.8. The van der Waals surface area contributed by atoms with Crippen molar-refractivity contribution in [2.75, 3.05) is 32.1 Å². The van der Waals surface area contributed by atoms with Gasteiger partial charge in [-0.15, -0.1) is 11.3 Å². The van der Waals surface area contributed by atoms with Crippen LogP contribution < -0.4 is 15.4 Å². The van der Waals surface area contributed by atoms with E-state index >= 15 is 0 Å². The summed E-state index contributed by atoms with van der Waals surface area (Å²) in [6.45, 7) is 2.97. The highest BCUT2D eigenvalue weighted by Crippen LogP contribution is 2.32. The minimum absolute atomic E-state index is 0.00482. The number of anilines is 1. The number of carbonyl (C=O) groups is 3. The number of hydrogen-bond donors (Lipinski definition) is 2. The summed E-state index contributed by atoms with van der Waals surface area (Å²) in [5, 5.41) is 8.05. The van der Waals surface area contributed by atoms with E-state index in [0.717, 1.165) is 37.4 Å². The SMILES string of the molecule is CN1C(=O)c2cc(NC(=O)Cc3cccs3)ccc2OC[C@H]2O[C@@H](CC(=O)N[C@@H]3CCN(Cc4ccccc4)C3)CC[C@H]21. The fraction of sp³-hybridized carbons (Fsp3) is 0.424. The molecule has 0 unspecified atom stereocenters. The molecule has 2 fully saturated rings. The molecule has 3 amide bonds. The van der Waals surface area contributed by atoms with Gasteiger partial charge in [-0.05, 0) is 54.5 Å². The Balaban J connectivity index is 1.02. The fourth-order valence-corrected chi connectivity index (χ4v) is 7.01. The Hall–Kier alpha value is -3.73. The van der Waals surface area contributed by atoms with Crippen LogP contribution in [0.25, 0.3) is 0 Å². The van der Waals surface area contributed by atoms with E-state index in [-0.39, 0.29) is 55.0 Å². The Kier molecular flexibility index (Phi) is 9.06. The maximum absolute atomic E-state index is 13.5. The largest absolute Gasteiger partial charge is 0.490 e. The highest BCUT2D eigenvalue weighted by molar-refractivity contribution is 7.10. The molecule has 3 aromatic rings. The number of likely N-dealkylation sites (tertiary alicyclic amines) is 1. The molecule has 0 bridgehead atoms. The molecule has 4 heterocycles. The lowest BCUT2D eigenvalue weighted by molar-refractivity contribution is -0.134. The van der Waals surface area contributed by atoms with Crippen LogP contribution in [-0.4, -0.2) is 78.6 Å². The van der Waals surface area contributed by atoms with Crippen molar-refractivity contribution in [1.82, 2.24) is 15.1 Å². The van der Waals surface area contributed by atoms with Crippen molar-refractivity contribution in [2.24, 2.45) is 0 Å². The van der Waals surface area contributed by atoms with Gasteiger partial charge in [-0.1, -0.05) is 36.4 Å². The lowest BCUT2D eigenvalue weighted by Crippen LogP contribution is -2.54. The Morgan fingerprint density at radius 3 is 2.70 bits per heavy atom. The van der Waals surface area contributed by atoms with E-state index in [1.165, 1.54) is 16.9 Å². The van der Waals surface area contributed by atoms with Gasteiger partial charge >= 0.3 is 0 Å². The van der Waals surface area contributed by atoms with Crippen LogP contribution in [0.2, 0.25) is 0 Å². The van der Waals surface area contributed by atoms with Gasteiger partial charge in [0, 0.05) is 43.3 Å². The highest BCUT2D eigenvalue weighted by Gasteiger charge is 2.39. The number of ether oxygens (including phenoxy) is 2. The van der Waals surface area contributed by atoms with Gasteiger partial charge in [0.15, 0.2) is 0 Å². The summed E-state index contributed by atoms with van der Waals surface area (Å²) in [6, 6.07) is 19.4. The molecule has 2 aromatic carbocycles. The number of likely N-dealkylation sites (N-methyl/N-ethyl adjacent to an activating group) is 1. The van der Waals surface area contributed by atoms with Crippen molar-refractivity contribution in [3.8, 4) is 5.75 Å². The van der Waals surface area contributed by atoms with Gasteiger partial charge in [0.2, 0.25) is 11.8 Å². The smallest absolute Gasteiger partial charge is 0.257 e. The molecular weight excluding hydrogens is 564 g/mol. The van der Waals surface area contributed by atoms with E-state index in [0.29, 0.717) is 29.8 Å². The topological polar surface area (TPSA) is 100 Å². The maximum atomic E-state index is 13.5. The number of fused-ring (bicyclic) bond motifs is 2. The second-order valence-electron chi connectivity index (χ2n) is 11.7. The molecule has 2 N–H and O–H groups in total. The molecule has 43 heavy (non-hydrogen) atoms. The Morgan fingerprint density at radius 1 is 1.02 bits per heavy atom. The Labute approximate surface area is 256 Å². The molecule has 0 saturated carbocycles. The van der Waals surface area contributed by atoms with Crippen molar-refractivity contribution in [2.45, 2.75) is 62.9 Å². The zero-order chi connectivity index (χ0) is 29.8. The van der Waals surface area contributed by atoms with Gasteiger partial charge < -0.3 is 25.0 Å². The van der Waals surface area contributed by atoms with Gasteiger partial charge in [-0.25, -0.2) is 0 Å². The number of nitrogens with zero attached hydrogens (tertiary/aromatic N) is 2. The molecule has 226 valence electrons. The maximum Gasteiger partial charge on any atom is 0.257 e. The van der Waals surface area contributed by atoms with Crippen molar-refractivity contribution >= 4 is 34.7 Å². The summed E-state index contributed by atoms with van der Waals surface area (Å²) in [6.07, 6.45) is 2.35. The van der Waals surface area contributed by atoms with E-state index in [1.54, 1.807) is 30.1 Å². The number of hydrogen-bond acceptors (Lipinski definition) is 7. The summed E-state index contributed by atoms with van der Waals surface area (Å²) in [5.74, 6) is 0.143. The summed E-state index contributed by atoms with van der Waals surface area (Å²) in [5.41, 5.74) is 2.25. The van der Waals surface area contributed by atoms with Crippen LogP contribution in [0.4, 0.5) is 5.69 Å². The van der Waals surface area contributed by atoms with Crippen LogP contribution >= 0.6 is 11.3 Å². The number of rotatable bonds is 8. The first kappa shape index (κ1) is 29.3. The third-order valence-corrected chi connectivity index (χ3v) is 9.39. The third kappa shape index (κ3) is 7.26. The van der Waals surface area contributed by atoms with Gasteiger partial charge in [0.25, 0.3) is 5.91 Å². The number of thiophene rings is 1. The molecule has 4 atom stereocenters. The average molecular weight is 603 g/mol. The van der Waals surface area contributed by atoms with Gasteiger partial charge in [-0.3, -0.25) is 19.3 Å². The molecule has 1 aromatic heterocycles. The minimum atomic E-state index is -0.341. The van der Waals surface area contributed by atoms with Crippen LogP contribution in [0.1, 0.15) is 46.5 Å². The van der Waals surface area contributed by atoms with Crippen LogP contribution in [0.3, 0.4) is 0 Å². The molecule has 3 aliphatic heterocycles. The van der Waals surface area contributed by atoms with Crippen molar-refractivity contribution in [1.29, 1.82) is 0 Å². The first-order valence-electron chi connectivity index (χ1n) is 15.0. The summed E-state index contributed by atoms with van der Waals surface area (Å²) < 4.78 is 12.5. The predicted molar refractivity (Wildman–Crippen MR) is 165 cm³/mol. The highest BCUT2D eigenvalue weighted by atomic mass is 32.1. The monoisotopic (exact) mass is 602 g/mol. The molecule has 2 saturated heterocycles. The lowest BCUT2D eigenvalue weighted by Gasteiger charge is -2.42. The number of nitrogens with one attached hydrogen (secondary N) is 2. The third-order valence-electron chi connectivity index (χ3n) is 8.51. The molecular formula is C33H38N4O5S. The van der Waals surface area contributed by atoms with Crippen LogP contribution in [-0.2, 0) is 27.3 Å². The summed E-state index contributed by atoms with van der Waals surface area (Å²) in [4.78, 5) is 44.1. The predicted octanol–water partition coefficient (Wildman–Crippen LogP) is 4.09. The second-order valence-corrected chi connectivity index (χ2v) is 12.7. The number of benzene rings is 2. The van der Waals surface area contributed by atoms with E-state index in [2.05, 4.69) is 39.8 Å². The van der Waals surface area contributed by atoms with Crippen molar-refractivity contribution in [3.63, 3.8) is 0 Å². The Bertz CT molecular complexity index is 1430. The molecule has 0 spiro atoms. The van der Waals surface area contributed by atoms with Crippen LogP contribution in [0.5, 0.6) is 5.75 Å². The Morgan fingerprint density at radius 2 is 1.88 bits per heavy atom. The second kappa shape index (κ2) is 13.3. The van der Waals surface area contributed by atoms with E-state index in [4.69, 9.17) is 9.47 Å². The first-order valence-corrected chi connectivity index (χ1v) is 15.9. The van der Waals surface area contributed by atoms with Crippen LogP contribution in [0, 0.1) is 0 Å². The fourth-order valence-electron chi connectivity index (χ4n) is 6.31. The molecule has 3 aliphatic rings. The zero-order valence-corrected chi connectivity index (χ0v) is 25.2. The van der Waals surface area contributed by atoms with E-state index < -0.39 is 0 Å². The molecule has 0 radical (unpaired) electrons. The van der Waals surface area contributed by atoms with E-state index in [9.17, 15) is 14.4 Å². The summed E-state index contributed by atoms with van der Waals surface area (Å²) >= 11 is 1.53. The van der Waals surface area contributed by atoms with Gasteiger partial charge in [0.1, 0.15) is 18.5 Å². The zero-order valence-electron chi connectivity index (χ0n) is 24.4. The van der Waals surface area contributed by atoms with Gasteiger partial charge in [0.05, 0.1) is 30.6 Å². The minimum Gasteiger partial charge on any atom is -0.490 e. The average Bonchev–Trinajstić information content (AvgIpc) is 3.67.